The Morgan fingerprint density at radius 1 is 1.25 bits per heavy atom. The summed E-state index contributed by atoms with van der Waals surface area (Å²) in [6, 6.07) is 3.60. The van der Waals surface area contributed by atoms with Crippen molar-refractivity contribution >= 4 is 24.1 Å². The van der Waals surface area contributed by atoms with E-state index in [1.165, 1.54) is 7.11 Å². The Hall–Kier alpha value is -1.24. The van der Waals surface area contributed by atoms with Crippen LogP contribution in [0.25, 0.3) is 0 Å². The lowest BCUT2D eigenvalue weighted by Crippen LogP contribution is -2.48. The van der Waals surface area contributed by atoms with Gasteiger partial charge in [0.25, 0.3) is 0 Å². The lowest BCUT2D eigenvalue weighted by atomic mass is 10.00. The predicted molar refractivity (Wildman–Crippen MR) is 81.9 cm³/mol. The molecule has 0 unspecified atom stereocenters. The van der Waals surface area contributed by atoms with E-state index < -0.39 is 30.1 Å². The number of halogens is 4. The Balaban J connectivity index is 2.13. The molecule has 2 rings (SSSR count). The molecule has 1 aliphatic carbocycles. The summed E-state index contributed by atoms with van der Waals surface area (Å²) in [6.45, 7) is -4.01. The van der Waals surface area contributed by atoms with Gasteiger partial charge in [0, 0.05) is 11.2 Å². The van der Waals surface area contributed by atoms with Gasteiger partial charge in [0.05, 0.1) is 12.7 Å². The molecule has 0 saturated heterocycles. The molecule has 0 amide bonds. The van der Waals surface area contributed by atoms with Crippen LogP contribution in [0.15, 0.2) is 24.3 Å². The number of benzene rings is 1. The van der Waals surface area contributed by atoms with Crippen LogP contribution in [0.2, 0.25) is 0 Å². The van der Waals surface area contributed by atoms with Gasteiger partial charge < -0.3 is 9.26 Å². The number of rotatable bonds is 5. The first-order valence-electron chi connectivity index (χ1n) is 7.12. The topological polar surface area (TPSA) is 64.6 Å². The second-order valence-electron chi connectivity index (χ2n) is 5.49. The molecule has 5 nitrogen and oxygen atoms in total. The molecular formula is C14H16ClF3NO4P. The van der Waals surface area contributed by atoms with Crippen molar-refractivity contribution in [1.82, 2.24) is 5.09 Å². The largest absolute Gasteiger partial charge is 0.468 e. The van der Waals surface area contributed by atoms with Crippen LogP contribution < -0.4 is 9.61 Å². The molecule has 0 aromatic heterocycles. The minimum absolute atomic E-state index is 0.105. The van der Waals surface area contributed by atoms with Crippen molar-refractivity contribution < 1.29 is 31.8 Å². The third kappa shape index (κ3) is 4.43. The van der Waals surface area contributed by atoms with Crippen LogP contribution >= 0.6 is 18.1 Å². The Kier molecular flexibility index (Phi) is 5.52. The van der Waals surface area contributed by atoms with E-state index in [2.05, 4.69) is 5.09 Å². The molecule has 1 saturated carbocycles. The first-order valence-corrected chi connectivity index (χ1v) is 9.65. The second-order valence-corrected chi connectivity index (χ2v) is 8.19. The third-order valence-corrected chi connectivity index (χ3v) is 5.39. The van der Waals surface area contributed by atoms with Gasteiger partial charge in [0.2, 0.25) is 0 Å². The normalized spacial score (nSPS) is 19.5. The molecule has 1 fully saturated rings. The number of ether oxygens (including phenoxy) is 1. The molecule has 1 N–H and O–H groups in total. The van der Waals surface area contributed by atoms with Gasteiger partial charge in [-0.2, -0.15) is 13.2 Å². The Morgan fingerprint density at radius 3 is 2.25 bits per heavy atom. The van der Waals surface area contributed by atoms with Crippen molar-refractivity contribution in [2.45, 2.75) is 37.4 Å². The highest BCUT2D eigenvalue weighted by molar-refractivity contribution is 7.84. The molecule has 1 aliphatic rings. The molecule has 10 heteroatoms. The maximum atomic E-state index is 12.5. The van der Waals surface area contributed by atoms with Gasteiger partial charge in [-0.15, -0.1) is 0 Å². The summed E-state index contributed by atoms with van der Waals surface area (Å²) in [5.74, 6) is -0.705. The van der Waals surface area contributed by atoms with Crippen LogP contribution in [0.5, 0.6) is 5.75 Å². The summed E-state index contributed by atoms with van der Waals surface area (Å²) in [7, 11) is 1.21. The van der Waals surface area contributed by atoms with Crippen molar-refractivity contribution in [3.05, 3.63) is 29.8 Å². The van der Waals surface area contributed by atoms with Crippen molar-refractivity contribution in [1.29, 1.82) is 0 Å². The SMILES string of the molecule is COC(=O)C1(N[P@@](=O)(Cl)Oc2ccc(C(F)(F)F)cc2)CCCC1. The zero-order chi connectivity index (χ0) is 18.0. The van der Waals surface area contributed by atoms with Gasteiger partial charge >= 0.3 is 19.0 Å². The Morgan fingerprint density at radius 2 is 1.79 bits per heavy atom. The molecule has 0 spiro atoms. The molecule has 0 radical (unpaired) electrons. The maximum absolute atomic E-state index is 12.5. The van der Waals surface area contributed by atoms with Crippen LogP contribution in [-0.4, -0.2) is 18.6 Å². The average molecular weight is 386 g/mol. The standard InChI is InChI=1S/C14H16ClF3NO4P/c1-22-12(20)13(8-2-3-9-13)19-24(15,21)23-11-6-4-10(5-7-11)14(16,17)18/h4-7H,2-3,8-9H2,1H3,(H,19,21)/t24-/m1/s1. The number of carbonyl (C=O) groups excluding carboxylic acids is 1. The maximum Gasteiger partial charge on any atom is 0.416 e. The molecule has 1 aromatic carbocycles. The summed E-state index contributed by atoms with van der Waals surface area (Å²) in [5.41, 5.74) is -2.08. The highest BCUT2D eigenvalue weighted by atomic mass is 35.7. The molecule has 0 aliphatic heterocycles. The minimum Gasteiger partial charge on any atom is -0.468 e. The Labute approximate surface area is 141 Å². The number of carbonyl (C=O) groups is 1. The number of esters is 1. The van der Waals surface area contributed by atoms with E-state index in [1.807, 2.05) is 0 Å². The van der Waals surface area contributed by atoms with E-state index in [-0.39, 0.29) is 5.75 Å². The van der Waals surface area contributed by atoms with Gasteiger partial charge in [-0.1, -0.05) is 12.8 Å². The summed E-state index contributed by atoms with van der Waals surface area (Å²) in [4.78, 5) is 12.0. The molecule has 134 valence electrons. The van der Waals surface area contributed by atoms with Crippen LogP contribution in [-0.2, 0) is 20.3 Å². The van der Waals surface area contributed by atoms with E-state index in [9.17, 15) is 22.5 Å². The van der Waals surface area contributed by atoms with Gasteiger partial charge in [0.15, 0.2) is 0 Å². The molecule has 0 bridgehead atoms. The number of hydrogen-bond acceptors (Lipinski definition) is 4. The van der Waals surface area contributed by atoms with E-state index in [0.717, 1.165) is 37.1 Å². The summed E-state index contributed by atoms with van der Waals surface area (Å²) >= 11 is 5.86. The number of nitrogens with one attached hydrogen (secondary N) is 1. The fourth-order valence-corrected chi connectivity index (χ4v) is 4.64. The smallest absolute Gasteiger partial charge is 0.416 e. The minimum atomic E-state index is -4.49. The fourth-order valence-electron chi connectivity index (χ4n) is 2.65. The van der Waals surface area contributed by atoms with Crippen LogP contribution in [0.4, 0.5) is 13.2 Å². The summed E-state index contributed by atoms with van der Waals surface area (Å²) < 4.78 is 59.8. The lowest BCUT2D eigenvalue weighted by Gasteiger charge is -2.29. The molecule has 0 heterocycles. The van der Waals surface area contributed by atoms with E-state index >= 15 is 0 Å². The number of hydrogen-bond donors (Lipinski definition) is 1. The van der Waals surface area contributed by atoms with Crippen LogP contribution in [0, 0.1) is 0 Å². The van der Waals surface area contributed by atoms with Gasteiger partial charge in [-0.05, 0) is 37.1 Å². The Bertz CT molecular complexity index is 644. The molecule has 24 heavy (non-hydrogen) atoms. The van der Waals surface area contributed by atoms with Gasteiger partial charge in [-0.3, -0.25) is 4.79 Å². The zero-order valence-electron chi connectivity index (χ0n) is 12.7. The van der Waals surface area contributed by atoms with Gasteiger partial charge in [-0.25, -0.2) is 9.65 Å². The fraction of sp³-hybridized carbons (Fsp3) is 0.500. The first-order chi connectivity index (χ1) is 11.1. The number of methoxy groups -OCH3 is 1. The molecular weight excluding hydrogens is 370 g/mol. The van der Waals surface area contributed by atoms with E-state index in [4.69, 9.17) is 20.5 Å². The summed E-state index contributed by atoms with van der Waals surface area (Å²) in [6.07, 6.45) is -2.28. The van der Waals surface area contributed by atoms with Crippen molar-refractivity contribution in [2.24, 2.45) is 0 Å². The summed E-state index contributed by atoms with van der Waals surface area (Å²) in [5, 5.41) is 2.51. The molecule has 1 aromatic rings. The molecule has 1 atom stereocenters. The monoisotopic (exact) mass is 385 g/mol. The predicted octanol–water partition coefficient (Wildman–Crippen LogP) is 4.51. The second kappa shape index (κ2) is 6.94. The van der Waals surface area contributed by atoms with Crippen molar-refractivity contribution in [3.8, 4) is 5.75 Å². The third-order valence-electron chi connectivity index (χ3n) is 3.79. The lowest BCUT2D eigenvalue weighted by molar-refractivity contribution is -0.147. The van der Waals surface area contributed by atoms with Gasteiger partial charge in [0.1, 0.15) is 11.3 Å². The van der Waals surface area contributed by atoms with E-state index in [1.54, 1.807) is 0 Å². The van der Waals surface area contributed by atoms with Crippen molar-refractivity contribution in [3.63, 3.8) is 0 Å². The highest BCUT2D eigenvalue weighted by Crippen LogP contribution is 2.52. The van der Waals surface area contributed by atoms with Crippen LogP contribution in [0.1, 0.15) is 31.2 Å². The number of alkyl halides is 3. The zero-order valence-corrected chi connectivity index (χ0v) is 14.4. The quantitative estimate of drug-likeness (QED) is 0.597. The van der Waals surface area contributed by atoms with Crippen molar-refractivity contribution in [2.75, 3.05) is 7.11 Å². The highest BCUT2D eigenvalue weighted by Gasteiger charge is 2.47. The van der Waals surface area contributed by atoms with E-state index in [0.29, 0.717) is 12.8 Å². The first kappa shape index (κ1) is 19.1. The average Bonchev–Trinajstić information content (AvgIpc) is 2.94. The van der Waals surface area contributed by atoms with Crippen LogP contribution in [0.3, 0.4) is 0 Å².